The molecule has 0 fully saturated rings. The van der Waals surface area contributed by atoms with E-state index < -0.39 is 5.60 Å². The Kier molecular flexibility index (Phi) is 3.91. The van der Waals surface area contributed by atoms with Crippen LogP contribution in [0.2, 0.25) is 0 Å². The van der Waals surface area contributed by atoms with Gasteiger partial charge < -0.3 is 9.84 Å². The fourth-order valence-electron chi connectivity index (χ4n) is 1.10. The molecule has 13 heavy (non-hydrogen) atoms. The Morgan fingerprint density at radius 3 is 2.77 bits per heavy atom. The zero-order valence-electron chi connectivity index (χ0n) is 7.71. The van der Waals surface area contributed by atoms with Crippen LogP contribution in [0.3, 0.4) is 0 Å². The maximum Gasteiger partial charge on any atom is 0.0909 e. The molecule has 1 aromatic rings. The van der Waals surface area contributed by atoms with Crippen molar-refractivity contribution in [2.45, 2.75) is 18.9 Å². The van der Waals surface area contributed by atoms with Crippen molar-refractivity contribution in [3.05, 3.63) is 20.8 Å². The van der Waals surface area contributed by atoms with Crippen LogP contribution in [0.25, 0.3) is 0 Å². The van der Waals surface area contributed by atoms with E-state index in [1.54, 1.807) is 25.4 Å². The van der Waals surface area contributed by atoms with Crippen molar-refractivity contribution in [1.29, 1.82) is 0 Å². The molecule has 1 N–H and O–H groups in total. The van der Waals surface area contributed by atoms with Crippen LogP contribution in [-0.2, 0) is 10.3 Å². The Morgan fingerprint density at radius 1 is 1.62 bits per heavy atom. The topological polar surface area (TPSA) is 29.5 Å². The average molecular weight is 265 g/mol. The summed E-state index contributed by atoms with van der Waals surface area (Å²) in [6, 6.07) is 0. The summed E-state index contributed by atoms with van der Waals surface area (Å²) in [5, 5.41) is 14.0. The van der Waals surface area contributed by atoms with Crippen molar-refractivity contribution in [1.82, 2.24) is 0 Å². The fourth-order valence-corrected chi connectivity index (χ4v) is 2.95. The lowest BCUT2D eigenvalue weighted by Crippen LogP contribution is -2.22. The molecule has 0 saturated carbocycles. The second-order valence-electron chi connectivity index (χ2n) is 3.15. The number of rotatable bonds is 4. The second kappa shape index (κ2) is 4.55. The number of ether oxygens (including phenoxy) is 1. The van der Waals surface area contributed by atoms with Crippen LogP contribution in [-0.4, -0.2) is 18.8 Å². The summed E-state index contributed by atoms with van der Waals surface area (Å²) in [7, 11) is 1.64. The van der Waals surface area contributed by atoms with Crippen molar-refractivity contribution in [2.24, 2.45) is 0 Å². The zero-order chi connectivity index (χ0) is 9.90. The predicted molar refractivity (Wildman–Crippen MR) is 58.1 cm³/mol. The number of hydrogen-bond acceptors (Lipinski definition) is 3. The minimum atomic E-state index is -0.797. The van der Waals surface area contributed by atoms with Crippen LogP contribution < -0.4 is 0 Å². The minimum Gasteiger partial charge on any atom is -0.385 e. The van der Waals surface area contributed by atoms with Gasteiger partial charge in [-0.05, 0) is 28.2 Å². The SMILES string of the molecule is COCCC(C)(O)c1cscc1Br. The van der Waals surface area contributed by atoms with E-state index in [0.717, 1.165) is 10.0 Å². The van der Waals surface area contributed by atoms with E-state index in [4.69, 9.17) is 4.74 Å². The van der Waals surface area contributed by atoms with Gasteiger partial charge in [0.25, 0.3) is 0 Å². The maximum atomic E-state index is 10.1. The van der Waals surface area contributed by atoms with Crippen LogP contribution >= 0.6 is 27.3 Å². The molecule has 0 spiro atoms. The van der Waals surface area contributed by atoms with E-state index in [2.05, 4.69) is 15.9 Å². The second-order valence-corrected chi connectivity index (χ2v) is 4.75. The Balaban J connectivity index is 2.74. The number of aliphatic hydroxyl groups is 1. The lowest BCUT2D eigenvalue weighted by Gasteiger charge is -2.22. The maximum absolute atomic E-state index is 10.1. The number of hydrogen-bond donors (Lipinski definition) is 1. The summed E-state index contributed by atoms with van der Waals surface area (Å²) in [6.45, 7) is 2.37. The number of thiophene rings is 1. The van der Waals surface area contributed by atoms with Gasteiger partial charge >= 0.3 is 0 Å². The Labute approximate surface area is 90.7 Å². The third-order valence-corrected chi connectivity index (χ3v) is 3.69. The molecule has 1 rings (SSSR count). The van der Waals surface area contributed by atoms with Gasteiger partial charge in [0.2, 0.25) is 0 Å². The average Bonchev–Trinajstić information content (AvgIpc) is 2.48. The van der Waals surface area contributed by atoms with E-state index in [-0.39, 0.29) is 0 Å². The molecular formula is C9H13BrO2S. The molecular weight excluding hydrogens is 252 g/mol. The summed E-state index contributed by atoms with van der Waals surface area (Å²) >= 11 is 4.98. The molecule has 4 heteroatoms. The minimum absolute atomic E-state index is 0.565. The van der Waals surface area contributed by atoms with E-state index >= 15 is 0 Å². The van der Waals surface area contributed by atoms with Gasteiger partial charge in [-0.15, -0.1) is 0 Å². The van der Waals surface area contributed by atoms with E-state index in [0.29, 0.717) is 13.0 Å². The van der Waals surface area contributed by atoms with Gasteiger partial charge in [0.05, 0.1) is 5.60 Å². The third-order valence-electron chi connectivity index (χ3n) is 1.99. The molecule has 74 valence electrons. The van der Waals surface area contributed by atoms with E-state index in [1.807, 2.05) is 10.8 Å². The monoisotopic (exact) mass is 264 g/mol. The van der Waals surface area contributed by atoms with Crippen LogP contribution in [0.5, 0.6) is 0 Å². The van der Waals surface area contributed by atoms with E-state index in [9.17, 15) is 5.11 Å². The van der Waals surface area contributed by atoms with Gasteiger partial charge in [-0.2, -0.15) is 11.3 Å². The quantitative estimate of drug-likeness (QED) is 0.907. The molecule has 1 aromatic heterocycles. The van der Waals surface area contributed by atoms with Gasteiger partial charge in [-0.3, -0.25) is 0 Å². The van der Waals surface area contributed by atoms with Crippen LogP contribution in [0.15, 0.2) is 15.2 Å². The smallest absolute Gasteiger partial charge is 0.0909 e. The highest BCUT2D eigenvalue weighted by Crippen LogP contribution is 2.33. The number of halogens is 1. The van der Waals surface area contributed by atoms with Gasteiger partial charge in [-0.1, -0.05) is 0 Å². The molecule has 2 nitrogen and oxygen atoms in total. The highest BCUT2D eigenvalue weighted by Gasteiger charge is 2.25. The first-order valence-corrected chi connectivity index (χ1v) is 5.75. The summed E-state index contributed by atoms with van der Waals surface area (Å²) in [6.07, 6.45) is 0.610. The van der Waals surface area contributed by atoms with Crippen LogP contribution in [0, 0.1) is 0 Å². The molecule has 0 aliphatic rings. The standard InChI is InChI=1S/C9H13BrO2S/c1-9(11,3-4-12-2)7-5-13-6-8(7)10/h5-6,11H,3-4H2,1-2H3. The van der Waals surface area contributed by atoms with Crippen molar-refractivity contribution in [2.75, 3.05) is 13.7 Å². The Hall–Kier alpha value is 0.100. The predicted octanol–water partition coefficient (Wildman–Crippen LogP) is 2.75. The summed E-state index contributed by atoms with van der Waals surface area (Å²) in [4.78, 5) is 0. The first-order chi connectivity index (χ1) is 6.08. The first-order valence-electron chi connectivity index (χ1n) is 4.01. The van der Waals surface area contributed by atoms with Gasteiger partial charge in [-0.25, -0.2) is 0 Å². The van der Waals surface area contributed by atoms with Crippen LogP contribution in [0.1, 0.15) is 18.9 Å². The molecule has 0 saturated heterocycles. The third kappa shape index (κ3) is 2.77. The molecule has 0 aromatic carbocycles. The molecule has 0 amide bonds. The highest BCUT2D eigenvalue weighted by molar-refractivity contribution is 9.10. The normalized spacial score (nSPS) is 15.7. The summed E-state index contributed by atoms with van der Waals surface area (Å²) in [5.41, 5.74) is 0.143. The summed E-state index contributed by atoms with van der Waals surface area (Å²) < 4.78 is 5.91. The first kappa shape index (κ1) is 11.2. The van der Waals surface area contributed by atoms with Crippen molar-refractivity contribution >= 4 is 27.3 Å². The molecule has 1 heterocycles. The summed E-state index contributed by atoms with van der Waals surface area (Å²) in [5.74, 6) is 0. The molecule has 0 bridgehead atoms. The van der Waals surface area contributed by atoms with Gasteiger partial charge in [0.15, 0.2) is 0 Å². The molecule has 0 aliphatic carbocycles. The van der Waals surface area contributed by atoms with E-state index in [1.165, 1.54) is 0 Å². The molecule has 0 aliphatic heterocycles. The number of methoxy groups -OCH3 is 1. The molecule has 0 radical (unpaired) electrons. The fraction of sp³-hybridized carbons (Fsp3) is 0.556. The molecule has 1 atom stereocenters. The van der Waals surface area contributed by atoms with Crippen molar-refractivity contribution < 1.29 is 9.84 Å². The van der Waals surface area contributed by atoms with Crippen molar-refractivity contribution in [3.8, 4) is 0 Å². The van der Waals surface area contributed by atoms with Crippen LogP contribution in [0.4, 0.5) is 0 Å². The van der Waals surface area contributed by atoms with Crippen molar-refractivity contribution in [3.63, 3.8) is 0 Å². The highest BCUT2D eigenvalue weighted by atomic mass is 79.9. The zero-order valence-corrected chi connectivity index (χ0v) is 10.1. The van der Waals surface area contributed by atoms with Gasteiger partial charge in [0, 0.05) is 35.6 Å². The Morgan fingerprint density at radius 2 is 2.31 bits per heavy atom. The largest absolute Gasteiger partial charge is 0.385 e. The lowest BCUT2D eigenvalue weighted by molar-refractivity contribution is 0.0208. The lowest BCUT2D eigenvalue weighted by atomic mass is 9.96. The Bertz CT molecular complexity index is 270. The van der Waals surface area contributed by atoms with Gasteiger partial charge in [0.1, 0.15) is 0 Å². The molecule has 1 unspecified atom stereocenters.